The Morgan fingerprint density at radius 1 is 1.33 bits per heavy atom. The van der Waals surface area contributed by atoms with E-state index in [1.807, 2.05) is 0 Å². The summed E-state index contributed by atoms with van der Waals surface area (Å²) in [6.07, 6.45) is 0.586. The van der Waals surface area contributed by atoms with Crippen LogP contribution in [0.4, 0.5) is 4.79 Å². The normalized spacial score (nSPS) is 14.7. The van der Waals surface area contributed by atoms with Crippen molar-refractivity contribution in [2.45, 2.75) is 6.42 Å². The topological polar surface area (TPSA) is 75.9 Å². The van der Waals surface area contributed by atoms with Gasteiger partial charge in [-0.05, 0) is 30.7 Å². The molecule has 0 atom stereocenters. The van der Waals surface area contributed by atoms with Crippen molar-refractivity contribution in [1.82, 2.24) is 9.80 Å². The van der Waals surface area contributed by atoms with Gasteiger partial charge in [-0.3, -0.25) is 9.69 Å². The number of hydrogen-bond donors (Lipinski definition) is 1. The van der Waals surface area contributed by atoms with E-state index in [2.05, 4.69) is 0 Å². The Labute approximate surface area is 128 Å². The molecule has 6 nitrogen and oxygen atoms in total. The zero-order chi connectivity index (χ0) is 15.4. The minimum Gasteiger partial charge on any atom is -0.494 e. The number of nitrogens with two attached hydrogens (primary N) is 1. The fourth-order valence-electron chi connectivity index (χ4n) is 2.02. The third-order valence-corrected chi connectivity index (χ3v) is 3.40. The lowest BCUT2D eigenvalue weighted by Crippen LogP contribution is -2.33. The third-order valence-electron chi connectivity index (χ3n) is 3.16. The number of rotatable bonds is 6. The Balaban J connectivity index is 1.76. The van der Waals surface area contributed by atoms with E-state index in [4.69, 9.17) is 22.7 Å². The second-order valence-corrected chi connectivity index (χ2v) is 5.21. The molecule has 112 valence electrons. The highest BCUT2D eigenvalue weighted by molar-refractivity contribution is 7.80. The fourth-order valence-corrected chi connectivity index (χ4v) is 2.15. The molecular weight excluding hydrogens is 290 g/mol. The first kappa shape index (κ1) is 15.2. The van der Waals surface area contributed by atoms with Gasteiger partial charge in [0.1, 0.15) is 17.3 Å². The Morgan fingerprint density at radius 3 is 2.52 bits per heavy atom. The lowest BCUT2D eigenvalue weighted by atomic mass is 10.2. The molecule has 7 heteroatoms. The van der Waals surface area contributed by atoms with E-state index >= 15 is 0 Å². The molecule has 2 N–H and O–H groups in total. The van der Waals surface area contributed by atoms with Gasteiger partial charge in [0, 0.05) is 19.2 Å². The molecule has 0 bridgehead atoms. The summed E-state index contributed by atoms with van der Waals surface area (Å²) in [5.74, 6) is 0.537. The van der Waals surface area contributed by atoms with Crippen LogP contribution in [0.15, 0.2) is 24.3 Å². The van der Waals surface area contributed by atoms with E-state index < -0.39 is 0 Å². The molecule has 0 saturated carbocycles. The van der Waals surface area contributed by atoms with Crippen LogP contribution in [-0.4, -0.2) is 53.5 Å². The number of imide groups is 1. The lowest BCUT2D eigenvalue weighted by molar-refractivity contribution is -0.125. The molecule has 1 aromatic carbocycles. The quantitative estimate of drug-likeness (QED) is 0.482. The average Bonchev–Trinajstić information content (AvgIpc) is 2.69. The van der Waals surface area contributed by atoms with Crippen molar-refractivity contribution in [3.63, 3.8) is 0 Å². The molecular formula is C14H17N3O3S. The predicted octanol–water partition coefficient (Wildman–Crippen LogP) is 0.984. The summed E-state index contributed by atoms with van der Waals surface area (Å²) in [7, 11) is 1.61. The molecule has 1 aliphatic heterocycles. The van der Waals surface area contributed by atoms with Crippen molar-refractivity contribution in [2.75, 3.05) is 26.7 Å². The van der Waals surface area contributed by atoms with Crippen LogP contribution in [0.2, 0.25) is 0 Å². The van der Waals surface area contributed by atoms with E-state index in [0.29, 0.717) is 30.3 Å². The molecule has 0 aromatic heterocycles. The van der Waals surface area contributed by atoms with Crippen LogP contribution in [0.5, 0.6) is 5.75 Å². The number of benzene rings is 1. The molecule has 0 unspecified atom stereocenters. The van der Waals surface area contributed by atoms with E-state index in [9.17, 15) is 9.59 Å². The summed E-state index contributed by atoms with van der Waals surface area (Å²) in [6, 6.07) is 6.91. The van der Waals surface area contributed by atoms with Crippen LogP contribution in [-0.2, 0) is 4.79 Å². The summed E-state index contributed by atoms with van der Waals surface area (Å²) in [5.41, 5.74) is 6.30. The zero-order valence-corrected chi connectivity index (χ0v) is 12.6. The summed E-state index contributed by atoms with van der Waals surface area (Å²) in [6.45, 7) is 0.945. The third kappa shape index (κ3) is 3.69. The molecule has 1 heterocycles. The van der Waals surface area contributed by atoms with Gasteiger partial charge in [-0.25, -0.2) is 4.79 Å². The number of thiocarbonyl (C=S) groups is 1. The molecule has 0 spiro atoms. The monoisotopic (exact) mass is 307 g/mol. The smallest absolute Gasteiger partial charge is 0.326 e. The van der Waals surface area contributed by atoms with Gasteiger partial charge in [0.2, 0.25) is 5.91 Å². The van der Waals surface area contributed by atoms with E-state index in [-0.39, 0.29) is 18.5 Å². The summed E-state index contributed by atoms with van der Waals surface area (Å²) < 4.78 is 5.55. The minimum absolute atomic E-state index is 0.153. The summed E-state index contributed by atoms with van der Waals surface area (Å²) in [5, 5.41) is 0. The highest BCUT2D eigenvalue weighted by Crippen LogP contribution is 2.13. The van der Waals surface area contributed by atoms with Gasteiger partial charge in [0.05, 0.1) is 6.61 Å². The average molecular weight is 307 g/mol. The molecule has 21 heavy (non-hydrogen) atoms. The number of carbonyl (C=O) groups is 2. The molecule has 1 saturated heterocycles. The van der Waals surface area contributed by atoms with Gasteiger partial charge in [0.15, 0.2) is 0 Å². The van der Waals surface area contributed by atoms with Gasteiger partial charge in [-0.2, -0.15) is 0 Å². The number of ether oxygens (including phenoxy) is 1. The molecule has 1 fully saturated rings. The van der Waals surface area contributed by atoms with Crippen LogP contribution in [0, 0.1) is 0 Å². The van der Waals surface area contributed by atoms with Crippen molar-refractivity contribution in [2.24, 2.45) is 5.73 Å². The maximum Gasteiger partial charge on any atom is 0.326 e. The van der Waals surface area contributed by atoms with Gasteiger partial charge in [0.25, 0.3) is 0 Å². The van der Waals surface area contributed by atoms with Gasteiger partial charge in [-0.15, -0.1) is 0 Å². The number of urea groups is 1. The number of carbonyl (C=O) groups excluding carboxylic acids is 2. The number of amides is 3. The highest BCUT2D eigenvalue weighted by atomic mass is 32.1. The Kier molecular flexibility index (Phi) is 4.74. The molecule has 0 aliphatic carbocycles. The van der Waals surface area contributed by atoms with Crippen LogP contribution in [0.3, 0.4) is 0 Å². The number of hydrogen-bond acceptors (Lipinski definition) is 4. The van der Waals surface area contributed by atoms with Crippen LogP contribution >= 0.6 is 12.2 Å². The maximum atomic E-state index is 11.6. The van der Waals surface area contributed by atoms with Crippen molar-refractivity contribution < 1.29 is 14.3 Å². The van der Waals surface area contributed by atoms with Crippen LogP contribution in [0.25, 0.3) is 0 Å². The van der Waals surface area contributed by atoms with Crippen molar-refractivity contribution in [3.8, 4) is 5.75 Å². The Morgan fingerprint density at radius 2 is 2.00 bits per heavy atom. The molecule has 1 aliphatic rings. The largest absolute Gasteiger partial charge is 0.494 e. The second kappa shape index (κ2) is 6.53. The molecule has 1 aromatic rings. The highest BCUT2D eigenvalue weighted by Gasteiger charge is 2.32. The maximum absolute atomic E-state index is 11.6. The molecule has 0 radical (unpaired) electrons. The van der Waals surface area contributed by atoms with Gasteiger partial charge >= 0.3 is 6.03 Å². The Bertz CT molecular complexity index is 559. The van der Waals surface area contributed by atoms with Crippen molar-refractivity contribution >= 4 is 29.1 Å². The molecule has 2 rings (SSSR count). The predicted molar refractivity (Wildman–Crippen MR) is 82.2 cm³/mol. The first-order chi connectivity index (χ1) is 9.99. The standard InChI is InChI=1S/C14H17N3O3S/c1-16-9-12(18)17(14(16)19)7-2-8-20-11-5-3-10(4-6-11)13(15)21/h3-6H,2,7-9H2,1H3,(H2,15,21). The minimum atomic E-state index is -0.249. The number of nitrogens with zero attached hydrogens (tertiary/aromatic N) is 2. The first-order valence-corrected chi connectivity index (χ1v) is 6.98. The SMILES string of the molecule is CN1CC(=O)N(CCCOc2ccc(C(N)=S)cc2)C1=O. The van der Waals surface area contributed by atoms with Gasteiger partial charge < -0.3 is 15.4 Å². The zero-order valence-electron chi connectivity index (χ0n) is 11.7. The second-order valence-electron chi connectivity index (χ2n) is 4.77. The summed E-state index contributed by atoms with van der Waals surface area (Å²) >= 11 is 4.87. The number of likely N-dealkylation sites (N-methyl/N-ethyl adjacent to an activating group) is 1. The Hall–Kier alpha value is -2.15. The van der Waals surface area contributed by atoms with E-state index in [1.165, 1.54) is 9.80 Å². The van der Waals surface area contributed by atoms with Crippen LogP contribution in [0.1, 0.15) is 12.0 Å². The van der Waals surface area contributed by atoms with Crippen molar-refractivity contribution in [1.29, 1.82) is 0 Å². The van der Waals surface area contributed by atoms with Crippen LogP contribution < -0.4 is 10.5 Å². The van der Waals surface area contributed by atoms with Gasteiger partial charge in [-0.1, -0.05) is 12.2 Å². The first-order valence-electron chi connectivity index (χ1n) is 6.57. The fraction of sp³-hybridized carbons (Fsp3) is 0.357. The summed E-state index contributed by atoms with van der Waals surface area (Å²) in [4.78, 5) is 26.2. The van der Waals surface area contributed by atoms with E-state index in [1.54, 1.807) is 31.3 Å². The van der Waals surface area contributed by atoms with E-state index in [0.717, 1.165) is 5.56 Å². The lowest BCUT2D eigenvalue weighted by Gasteiger charge is -2.14. The van der Waals surface area contributed by atoms with Crippen molar-refractivity contribution in [3.05, 3.63) is 29.8 Å². The molecule has 3 amide bonds.